The van der Waals surface area contributed by atoms with Crippen LogP contribution in [0.5, 0.6) is 11.5 Å². The number of imide groups is 1. The average Bonchev–Trinajstić information content (AvgIpc) is 3.33. The SMILES string of the molecule is CC(C(=O)OCC(=O)NCc1ccc2c(c1)OCO2)N1C(=O)c2cc(Cl)c(Cl)cc2C1=O. The van der Waals surface area contributed by atoms with Crippen molar-refractivity contribution in [3.05, 3.63) is 57.1 Å². The van der Waals surface area contributed by atoms with Crippen LogP contribution in [0.3, 0.4) is 0 Å². The first kappa shape index (κ1) is 21.9. The highest BCUT2D eigenvalue weighted by Gasteiger charge is 2.42. The lowest BCUT2D eigenvalue weighted by molar-refractivity contribution is -0.151. The quantitative estimate of drug-likeness (QED) is 0.501. The van der Waals surface area contributed by atoms with Crippen molar-refractivity contribution in [2.24, 2.45) is 0 Å². The molecule has 2 aliphatic heterocycles. The summed E-state index contributed by atoms with van der Waals surface area (Å²) in [5, 5.41) is 2.84. The maximum Gasteiger partial charge on any atom is 0.329 e. The molecule has 2 aromatic rings. The number of ether oxygens (including phenoxy) is 3. The molecule has 0 fully saturated rings. The van der Waals surface area contributed by atoms with Gasteiger partial charge in [0, 0.05) is 6.54 Å². The topological polar surface area (TPSA) is 111 Å². The van der Waals surface area contributed by atoms with Gasteiger partial charge in [0.15, 0.2) is 18.1 Å². The van der Waals surface area contributed by atoms with Gasteiger partial charge in [0.25, 0.3) is 17.7 Å². The summed E-state index contributed by atoms with van der Waals surface area (Å²) in [5.41, 5.74) is 0.863. The van der Waals surface area contributed by atoms with Crippen LogP contribution in [0.4, 0.5) is 0 Å². The van der Waals surface area contributed by atoms with Gasteiger partial charge in [-0.2, -0.15) is 0 Å². The number of nitrogens with one attached hydrogen (secondary N) is 1. The Balaban J connectivity index is 1.31. The Morgan fingerprint density at radius 2 is 1.69 bits per heavy atom. The first-order valence-electron chi connectivity index (χ1n) is 9.45. The van der Waals surface area contributed by atoms with Crippen LogP contribution in [0.2, 0.25) is 10.0 Å². The second-order valence-electron chi connectivity index (χ2n) is 7.04. The number of halogens is 2. The predicted molar refractivity (Wildman–Crippen MR) is 112 cm³/mol. The molecule has 1 unspecified atom stereocenters. The molecule has 1 atom stereocenters. The Kier molecular flexibility index (Phi) is 5.94. The molecule has 0 radical (unpaired) electrons. The van der Waals surface area contributed by atoms with E-state index in [2.05, 4.69) is 5.32 Å². The molecule has 0 aliphatic carbocycles. The average molecular weight is 479 g/mol. The van der Waals surface area contributed by atoms with E-state index in [4.69, 9.17) is 37.4 Å². The Morgan fingerprint density at radius 3 is 2.34 bits per heavy atom. The summed E-state index contributed by atoms with van der Waals surface area (Å²) < 4.78 is 15.5. The number of benzene rings is 2. The molecular weight excluding hydrogens is 463 g/mol. The molecule has 9 nitrogen and oxygen atoms in total. The van der Waals surface area contributed by atoms with Gasteiger partial charge in [-0.15, -0.1) is 0 Å². The van der Waals surface area contributed by atoms with Gasteiger partial charge in [0.2, 0.25) is 6.79 Å². The van der Waals surface area contributed by atoms with Gasteiger partial charge in [0.1, 0.15) is 6.04 Å². The molecular formula is C21H16Cl2N2O7. The minimum absolute atomic E-state index is 0.0468. The maximum absolute atomic E-state index is 12.6. The van der Waals surface area contributed by atoms with Gasteiger partial charge in [-0.1, -0.05) is 29.3 Å². The number of amides is 3. The van der Waals surface area contributed by atoms with E-state index in [0.717, 1.165) is 10.5 Å². The Labute approximate surface area is 192 Å². The van der Waals surface area contributed by atoms with Crippen LogP contribution >= 0.6 is 23.2 Å². The summed E-state index contributed by atoms with van der Waals surface area (Å²) in [6, 6.07) is 6.54. The molecule has 1 N–H and O–H groups in total. The van der Waals surface area contributed by atoms with E-state index in [1.165, 1.54) is 19.1 Å². The van der Waals surface area contributed by atoms with Crippen LogP contribution in [0.1, 0.15) is 33.2 Å². The van der Waals surface area contributed by atoms with Crippen LogP contribution in [0, 0.1) is 0 Å². The lowest BCUT2D eigenvalue weighted by Gasteiger charge is -2.20. The van der Waals surface area contributed by atoms with Gasteiger partial charge in [-0.25, -0.2) is 4.79 Å². The van der Waals surface area contributed by atoms with E-state index in [9.17, 15) is 19.2 Å². The van der Waals surface area contributed by atoms with Crippen molar-refractivity contribution in [2.75, 3.05) is 13.4 Å². The highest BCUT2D eigenvalue weighted by Crippen LogP contribution is 2.33. The highest BCUT2D eigenvalue weighted by atomic mass is 35.5. The Morgan fingerprint density at radius 1 is 1.06 bits per heavy atom. The van der Waals surface area contributed by atoms with E-state index in [0.29, 0.717) is 11.5 Å². The molecule has 4 rings (SSSR count). The molecule has 0 bridgehead atoms. The van der Waals surface area contributed by atoms with Crippen molar-refractivity contribution in [3.8, 4) is 11.5 Å². The van der Waals surface area contributed by atoms with Crippen LogP contribution in [-0.2, 0) is 20.9 Å². The highest BCUT2D eigenvalue weighted by molar-refractivity contribution is 6.43. The normalized spacial score (nSPS) is 14.9. The first-order valence-corrected chi connectivity index (χ1v) is 10.2. The molecule has 2 aliphatic rings. The molecule has 0 saturated carbocycles. The number of carbonyl (C=O) groups excluding carboxylic acids is 4. The largest absolute Gasteiger partial charge is 0.454 e. The Bertz CT molecular complexity index is 1110. The predicted octanol–water partition coefficient (Wildman–Crippen LogP) is 2.57. The molecule has 0 aromatic heterocycles. The van der Waals surface area contributed by atoms with E-state index in [1.807, 2.05) is 0 Å². The number of nitrogens with zero attached hydrogens (tertiary/aromatic N) is 1. The smallest absolute Gasteiger partial charge is 0.329 e. The summed E-state index contributed by atoms with van der Waals surface area (Å²) in [7, 11) is 0. The standard InChI is InChI=1S/C21H16Cl2N2O7/c1-10(25-19(27)12-5-14(22)15(23)6-13(12)20(25)28)21(29)30-8-18(26)24-7-11-2-3-16-17(4-11)32-9-31-16/h2-6,10H,7-9H2,1H3,(H,24,26). The van der Waals surface area contributed by atoms with Crippen molar-refractivity contribution in [1.29, 1.82) is 0 Å². The summed E-state index contributed by atoms with van der Waals surface area (Å²) >= 11 is 11.8. The lowest BCUT2D eigenvalue weighted by atomic mass is 10.1. The summed E-state index contributed by atoms with van der Waals surface area (Å²) in [6.07, 6.45) is 0. The summed E-state index contributed by atoms with van der Waals surface area (Å²) in [4.78, 5) is 50.4. The van der Waals surface area contributed by atoms with Gasteiger partial charge in [-0.3, -0.25) is 19.3 Å². The van der Waals surface area contributed by atoms with E-state index >= 15 is 0 Å². The minimum atomic E-state index is -1.25. The number of hydrogen-bond acceptors (Lipinski definition) is 7. The zero-order valence-electron chi connectivity index (χ0n) is 16.6. The summed E-state index contributed by atoms with van der Waals surface area (Å²) in [6.45, 7) is 1.08. The van der Waals surface area contributed by atoms with Crippen LogP contribution < -0.4 is 14.8 Å². The second kappa shape index (κ2) is 8.68. The maximum atomic E-state index is 12.6. The van der Waals surface area contributed by atoms with Gasteiger partial charge in [-0.05, 0) is 36.8 Å². The van der Waals surface area contributed by atoms with Crippen LogP contribution in [0.15, 0.2) is 30.3 Å². The fourth-order valence-corrected chi connectivity index (χ4v) is 3.60. The number of rotatable bonds is 6. The molecule has 11 heteroatoms. The molecule has 0 saturated heterocycles. The zero-order chi connectivity index (χ0) is 23.0. The van der Waals surface area contributed by atoms with Crippen molar-refractivity contribution in [3.63, 3.8) is 0 Å². The number of fused-ring (bicyclic) bond motifs is 2. The third-order valence-corrected chi connectivity index (χ3v) is 5.68. The number of esters is 1. The zero-order valence-corrected chi connectivity index (χ0v) is 18.2. The van der Waals surface area contributed by atoms with Crippen molar-refractivity contribution < 1.29 is 33.4 Å². The van der Waals surface area contributed by atoms with Crippen molar-refractivity contribution in [1.82, 2.24) is 10.2 Å². The van der Waals surface area contributed by atoms with Gasteiger partial charge < -0.3 is 19.5 Å². The second-order valence-corrected chi connectivity index (χ2v) is 7.85. The Hall–Kier alpha value is -3.30. The number of carbonyl (C=O) groups is 4. The van der Waals surface area contributed by atoms with Gasteiger partial charge >= 0.3 is 5.97 Å². The van der Waals surface area contributed by atoms with Crippen molar-refractivity contribution in [2.45, 2.75) is 19.5 Å². The number of hydrogen-bond donors (Lipinski definition) is 1. The molecule has 166 valence electrons. The molecule has 2 heterocycles. The van der Waals surface area contributed by atoms with Crippen LogP contribution in [0.25, 0.3) is 0 Å². The monoisotopic (exact) mass is 478 g/mol. The van der Waals surface area contributed by atoms with E-state index in [1.54, 1.807) is 18.2 Å². The van der Waals surface area contributed by atoms with Crippen LogP contribution in [-0.4, -0.2) is 48.0 Å². The van der Waals surface area contributed by atoms with E-state index < -0.39 is 36.3 Å². The fraction of sp³-hybridized carbons (Fsp3) is 0.238. The summed E-state index contributed by atoms with van der Waals surface area (Å²) in [5.74, 6) is -1.64. The fourth-order valence-electron chi connectivity index (χ4n) is 3.27. The first-order chi connectivity index (χ1) is 15.3. The molecule has 32 heavy (non-hydrogen) atoms. The third-order valence-electron chi connectivity index (χ3n) is 4.96. The minimum Gasteiger partial charge on any atom is -0.454 e. The van der Waals surface area contributed by atoms with Crippen molar-refractivity contribution >= 4 is 46.9 Å². The lowest BCUT2D eigenvalue weighted by Crippen LogP contribution is -2.44. The molecule has 3 amide bonds. The third kappa shape index (κ3) is 4.09. The molecule has 0 spiro atoms. The van der Waals surface area contributed by atoms with E-state index in [-0.39, 0.29) is 34.5 Å². The molecule has 2 aromatic carbocycles. The van der Waals surface area contributed by atoms with Gasteiger partial charge in [0.05, 0.1) is 21.2 Å².